The van der Waals surface area contributed by atoms with Crippen molar-refractivity contribution in [2.45, 2.75) is 58.3 Å². The number of benzene rings is 1. The number of carbonyl (C=O) groups excluding carboxylic acids is 2. The summed E-state index contributed by atoms with van der Waals surface area (Å²) in [7, 11) is 1.33. The van der Waals surface area contributed by atoms with Gasteiger partial charge in [-0.25, -0.2) is 4.79 Å². The largest absolute Gasteiger partial charge is 0.465 e. The van der Waals surface area contributed by atoms with Crippen LogP contribution in [-0.2, 0) is 4.74 Å². The third kappa shape index (κ3) is 7.82. The Bertz CT molecular complexity index is 485. The van der Waals surface area contributed by atoms with Crippen LogP contribution in [0.2, 0.25) is 0 Å². The zero-order valence-electron chi connectivity index (χ0n) is 14.4. The van der Waals surface area contributed by atoms with Crippen LogP contribution in [0.4, 0.5) is 0 Å². The Kier molecular flexibility index (Phi) is 9.76. The van der Waals surface area contributed by atoms with E-state index < -0.39 is 5.97 Å². The van der Waals surface area contributed by atoms with Crippen molar-refractivity contribution in [3.63, 3.8) is 0 Å². The molecule has 0 bridgehead atoms. The van der Waals surface area contributed by atoms with E-state index >= 15 is 0 Å². The number of carbonyl (C=O) groups is 2. The molecular formula is C19H29NO3. The normalized spacial score (nSPS) is 10.3. The average Bonchev–Trinajstić information content (AvgIpc) is 2.59. The molecule has 1 rings (SSSR count). The quantitative estimate of drug-likeness (QED) is 0.487. The molecule has 0 unspecified atom stereocenters. The van der Waals surface area contributed by atoms with Gasteiger partial charge in [-0.3, -0.25) is 4.79 Å². The summed E-state index contributed by atoms with van der Waals surface area (Å²) >= 11 is 0. The number of nitrogens with one attached hydrogen (secondary N) is 1. The maximum Gasteiger partial charge on any atom is 0.337 e. The number of unbranched alkanes of at least 4 members (excludes halogenated alkanes) is 7. The zero-order valence-corrected chi connectivity index (χ0v) is 14.4. The molecule has 0 radical (unpaired) electrons. The lowest BCUT2D eigenvalue weighted by atomic mass is 10.1. The first kappa shape index (κ1) is 19.2. The lowest BCUT2D eigenvalue weighted by Gasteiger charge is -2.06. The summed E-state index contributed by atoms with van der Waals surface area (Å²) in [6.45, 7) is 2.90. The molecule has 0 saturated carbocycles. The van der Waals surface area contributed by atoms with Gasteiger partial charge in [-0.2, -0.15) is 0 Å². The minimum absolute atomic E-state index is 0.140. The third-order valence-corrected chi connectivity index (χ3v) is 3.86. The summed E-state index contributed by atoms with van der Waals surface area (Å²) in [5.74, 6) is -0.568. The van der Waals surface area contributed by atoms with Crippen molar-refractivity contribution in [2.24, 2.45) is 0 Å². The Morgan fingerprint density at radius 3 is 2.22 bits per heavy atom. The second-order valence-electron chi connectivity index (χ2n) is 5.80. The molecule has 4 nitrogen and oxygen atoms in total. The first-order valence-electron chi connectivity index (χ1n) is 8.65. The minimum Gasteiger partial charge on any atom is -0.465 e. The lowest BCUT2D eigenvalue weighted by Crippen LogP contribution is -2.24. The van der Waals surface area contributed by atoms with E-state index in [2.05, 4.69) is 17.0 Å². The molecule has 23 heavy (non-hydrogen) atoms. The molecule has 0 spiro atoms. The Labute approximate surface area is 139 Å². The van der Waals surface area contributed by atoms with E-state index in [9.17, 15) is 9.59 Å². The Morgan fingerprint density at radius 1 is 0.957 bits per heavy atom. The van der Waals surface area contributed by atoms with Gasteiger partial charge >= 0.3 is 5.97 Å². The molecule has 1 amide bonds. The van der Waals surface area contributed by atoms with Gasteiger partial charge in [-0.15, -0.1) is 0 Å². The molecule has 1 aromatic rings. The van der Waals surface area contributed by atoms with Crippen molar-refractivity contribution >= 4 is 11.9 Å². The first-order valence-corrected chi connectivity index (χ1v) is 8.65. The van der Waals surface area contributed by atoms with E-state index in [0.29, 0.717) is 17.7 Å². The van der Waals surface area contributed by atoms with Crippen LogP contribution in [0, 0.1) is 0 Å². The Balaban J connectivity index is 2.20. The summed E-state index contributed by atoms with van der Waals surface area (Å²) in [5.41, 5.74) is 0.889. The van der Waals surface area contributed by atoms with Crippen LogP contribution in [-0.4, -0.2) is 25.5 Å². The molecule has 0 aliphatic carbocycles. The topological polar surface area (TPSA) is 55.4 Å². The highest BCUT2D eigenvalue weighted by molar-refractivity contribution is 5.97. The van der Waals surface area contributed by atoms with Gasteiger partial charge in [-0.1, -0.05) is 57.9 Å². The van der Waals surface area contributed by atoms with Gasteiger partial charge in [0.05, 0.1) is 12.7 Å². The van der Waals surface area contributed by atoms with Crippen molar-refractivity contribution in [1.82, 2.24) is 5.32 Å². The zero-order chi connectivity index (χ0) is 16.9. The van der Waals surface area contributed by atoms with Crippen molar-refractivity contribution in [3.05, 3.63) is 35.4 Å². The summed E-state index contributed by atoms with van der Waals surface area (Å²) < 4.78 is 4.66. The van der Waals surface area contributed by atoms with Crippen LogP contribution >= 0.6 is 0 Å². The monoisotopic (exact) mass is 319 g/mol. The molecule has 1 aromatic carbocycles. The van der Waals surface area contributed by atoms with Gasteiger partial charge < -0.3 is 10.1 Å². The highest BCUT2D eigenvalue weighted by atomic mass is 16.5. The van der Waals surface area contributed by atoms with Crippen LogP contribution in [0.1, 0.15) is 79.0 Å². The fraction of sp³-hybridized carbons (Fsp3) is 0.579. The molecule has 0 aliphatic heterocycles. The van der Waals surface area contributed by atoms with E-state index in [1.54, 1.807) is 24.3 Å². The van der Waals surface area contributed by atoms with Crippen LogP contribution in [0.3, 0.4) is 0 Å². The van der Waals surface area contributed by atoms with Crippen molar-refractivity contribution in [1.29, 1.82) is 0 Å². The Hall–Kier alpha value is -1.84. The SMILES string of the molecule is CCCCCCCCCCNC(=O)c1cccc(C(=O)OC)c1. The van der Waals surface area contributed by atoms with Crippen molar-refractivity contribution in [3.8, 4) is 0 Å². The predicted molar refractivity (Wildman–Crippen MR) is 92.7 cm³/mol. The van der Waals surface area contributed by atoms with Gasteiger partial charge in [0, 0.05) is 12.1 Å². The smallest absolute Gasteiger partial charge is 0.337 e. The van der Waals surface area contributed by atoms with Gasteiger partial charge in [0.2, 0.25) is 0 Å². The van der Waals surface area contributed by atoms with Crippen molar-refractivity contribution < 1.29 is 14.3 Å². The number of ether oxygens (including phenoxy) is 1. The molecule has 0 aromatic heterocycles. The van der Waals surface area contributed by atoms with E-state index in [1.165, 1.54) is 45.6 Å². The second-order valence-corrected chi connectivity index (χ2v) is 5.80. The summed E-state index contributed by atoms with van der Waals surface area (Å²) in [4.78, 5) is 23.5. The van der Waals surface area contributed by atoms with Gasteiger partial charge in [0.15, 0.2) is 0 Å². The average molecular weight is 319 g/mol. The number of amides is 1. The van der Waals surface area contributed by atoms with E-state index in [4.69, 9.17) is 0 Å². The maximum atomic E-state index is 12.1. The number of methoxy groups -OCH3 is 1. The van der Waals surface area contributed by atoms with Gasteiger partial charge in [0.1, 0.15) is 0 Å². The molecule has 0 heterocycles. The number of hydrogen-bond donors (Lipinski definition) is 1. The standard InChI is InChI=1S/C19H29NO3/c1-3-4-5-6-7-8-9-10-14-20-18(21)16-12-11-13-17(15-16)19(22)23-2/h11-13,15H,3-10,14H2,1-2H3,(H,20,21). The Morgan fingerprint density at radius 2 is 1.57 bits per heavy atom. The van der Waals surface area contributed by atoms with Crippen LogP contribution in [0.25, 0.3) is 0 Å². The third-order valence-electron chi connectivity index (χ3n) is 3.86. The highest BCUT2D eigenvalue weighted by Gasteiger charge is 2.09. The second kappa shape index (κ2) is 11.7. The lowest BCUT2D eigenvalue weighted by molar-refractivity contribution is 0.0600. The molecule has 0 aliphatic rings. The summed E-state index contributed by atoms with van der Waals surface area (Å²) in [5, 5.41) is 2.90. The highest BCUT2D eigenvalue weighted by Crippen LogP contribution is 2.09. The fourth-order valence-corrected chi connectivity index (χ4v) is 2.47. The predicted octanol–water partition coefficient (Wildman–Crippen LogP) is 4.34. The van der Waals surface area contributed by atoms with E-state index in [0.717, 1.165) is 12.8 Å². The molecule has 1 N–H and O–H groups in total. The fourth-order valence-electron chi connectivity index (χ4n) is 2.47. The van der Waals surface area contributed by atoms with Crippen molar-refractivity contribution in [2.75, 3.05) is 13.7 Å². The molecule has 0 fully saturated rings. The molecule has 0 saturated heterocycles. The first-order chi connectivity index (χ1) is 11.2. The molecular weight excluding hydrogens is 290 g/mol. The van der Waals surface area contributed by atoms with E-state index in [1.807, 2.05) is 0 Å². The summed E-state index contributed by atoms with van der Waals surface area (Å²) in [6, 6.07) is 6.60. The van der Waals surface area contributed by atoms with Crippen LogP contribution in [0.15, 0.2) is 24.3 Å². The van der Waals surface area contributed by atoms with E-state index in [-0.39, 0.29) is 5.91 Å². The number of rotatable bonds is 11. The van der Waals surface area contributed by atoms with Crippen LogP contribution in [0.5, 0.6) is 0 Å². The summed E-state index contributed by atoms with van der Waals surface area (Å²) in [6.07, 6.45) is 9.94. The van der Waals surface area contributed by atoms with Crippen LogP contribution < -0.4 is 5.32 Å². The number of hydrogen-bond acceptors (Lipinski definition) is 3. The molecule has 4 heteroatoms. The maximum absolute atomic E-state index is 12.1. The minimum atomic E-state index is -0.428. The van der Waals surface area contributed by atoms with Gasteiger partial charge in [0.25, 0.3) is 5.91 Å². The van der Waals surface area contributed by atoms with Gasteiger partial charge in [-0.05, 0) is 24.6 Å². The number of esters is 1. The molecule has 128 valence electrons. The molecule has 0 atom stereocenters.